The summed E-state index contributed by atoms with van der Waals surface area (Å²) in [7, 11) is 0. The van der Waals surface area contributed by atoms with E-state index < -0.39 is 0 Å². The zero-order valence-corrected chi connectivity index (χ0v) is 12.8. The van der Waals surface area contributed by atoms with Gasteiger partial charge in [0, 0.05) is 16.7 Å². The fourth-order valence-corrected chi connectivity index (χ4v) is 2.01. The molecule has 0 radical (unpaired) electrons. The minimum atomic E-state index is -0.236. The van der Waals surface area contributed by atoms with Crippen molar-refractivity contribution in [3.05, 3.63) is 58.2 Å². The molecule has 20 heavy (non-hydrogen) atoms. The van der Waals surface area contributed by atoms with Gasteiger partial charge in [0.2, 0.25) is 0 Å². The first kappa shape index (κ1) is 14.5. The molecule has 1 aromatic carbocycles. The van der Waals surface area contributed by atoms with Crippen LogP contribution < -0.4 is 10.6 Å². The average molecular weight is 334 g/mol. The zero-order valence-electron chi connectivity index (χ0n) is 11.2. The van der Waals surface area contributed by atoms with Crippen molar-refractivity contribution < 1.29 is 4.79 Å². The first-order valence-electron chi connectivity index (χ1n) is 6.36. The van der Waals surface area contributed by atoms with Crippen LogP contribution in [-0.4, -0.2) is 17.6 Å². The molecule has 1 aromatic heterocycles. The Morgan fingerprint density at radius 1 is 1.20 bits per heavy atom. The monoisotopic (exact) mass is 333 g/mol. The molecule has 0 aliphatic heterocycles. The van der Waals surface area contributed by atoms with Crippen molar-refractivity contribution in [1.29, 1.82) is 0 Å². The third kappa shape index (κ3) is 4.66. The van der Waals surface area contributed by atoms with Crippen molar-refractivity contribution in [2.45, 2.75) is 13.3 Å². The number of aryl methyl sites for hydroxylation is 1. The summed E-state index contributed by atoms with van der Waals surface area (Å²) in [5, 5.41) is 5.52. The lowest BCUT2D eigenvalue weighted by atomic mass is 10.1. The predicted octanol–water partition coefficient (Wildman–Crippen LogP) is 3.52. The molecule has 0 saturated carbocycles. The van der Waals surface area contributed by atoms with Crippen LogP contribution in [0.3, 0.4) is 0 Å². The molecule has 5 heteroatoms. The number of amides is 2. The molecule has 0 aliphatic rings. The minimum Gasteiger partial charge on any atom is -0.337 e. The van der Waals surface area contributed by atoms with E-state index in [-0.39, 0.29) is 6.03 Å². The van der Waals surface area contributed by atoms with Crippen LogP contribution in [0.25, 0.3) is 0 Å². The second-order valence-electron chi connectivity index (χ2n) is 4.42. The van der Waals surface area contributed by atoms with Crippen molar-refractivity contribution >= 4 is 27.8 Å². The van der Waals surface area contributed by atoms with Crippen molar-refractivity contribution in [2.75, 3.05) is 11.9 Å². The van der Waals surface area contributed by atoms with E-state index in [1.54, 1.807) is 6.07 Å². The minimum absolute atomic E-state index is 0.236. The van der Waals surface area contributed by atoms with Crippen LogP contribution in [0.2, 0.25) is 0 Å². The van der Waals surface area contributed by atoms with Gasteiger partial charge in [-0.1, -0.05) is 34.1 Å². The Bertz CT molecular complexity index is 584. The third-order valence-corrected chi connectivity index (χ3v) is 3.27. The number of hydrogen-bond donors (Lipinski definition) is 2. The summed E-state index contributed by atoms with van der Waals surface area (Å²) < 4.78 is 1.05. The molecule has 1 heterocycles. The number of carbonyl (C=O) groups is 1. The van der Waals surface area contributed by atoms with E-state index in [0.29, 0.717) is 12.4 Å². The highest BCUT2D eigenvalue weighted by molar-refractivity contribution is 9.10. The SMILES string of the molecule is Cc1cccc(NC(=O)NCCc2ccc(Br)cc2)n1. The molecule has 0 spiro atoms. The maximum Gasteiger partial charge on any atom is 0.320 e. The molecule has 2 N–H and O–H groups in total. The van der Waals surface area contributed by atoms with E-state index in [4.69, 9.17) is 0 Å². The normalized spacial score (nSPS) is 10.1. The maximum absolute atomic E-state index is 11.7. The number of nitrogens with zero attached hydrogens (tertiary/aromatic N) is 1. The molecule has 0 saturated heterocycles. The van der Waals surface area contributed by atoms with E-state index >= 15 is 0 Å². The highest BCUT2D eigenvalue weighted by Crippen LogP contribution is 2.10. The van der Waals surface area contributed by atoms with Crippen LogP contribution in [0, 0.1) is 6.92 Å². The van der Waals surface area contributed by atoms with Gasteiger partial charge in [0.25, 0.3) is 0 Å². The van der Waals surface area contributed by atoms with Crippen molar-refractivity contribution in [3.8, 4) is 0 Å². The average Bonchev–Trinajstić information content (AvgIpc) is 2.41. The van der Waals surface area contributed by atoms with E-state index in [1.165, 1.54) is 5.56 Å². The van der Waals surface area contributed by atoms with Gasteiger partial charge in [0.1, 0.15) is 5.82 Å². The summed E-state index contributed by atoms with van der Waals surface area (Å²) in [6.45, 7) is 2.47. The first-order valence-corrected chi connectivity index (χ1v) is 7.16. The van der Waals surface area contributed by atoms with Gasteiger partial charge in [-0.25, -0.2) is 9.78 Å². The van der Waals surface area contributed by atoms with Gasteiger partial charge in [-0.2, -0.15) is 0 Å². The molecule has 0 unspecified atom stereocenters. The van der Waals surface area contributed by atoms with Gasteiger partial charge in [0.15, 0.2) is 0 Å². The molecule has 0 atom stereocenters. The number of anilines is 1. The van der Waals surface area contributed by atoms with Crippen LogP contribution in [0.1, 0.15) is 11.3 Å². The lowest BCUT2D eigenvalue weighted by Crippen LogP contribution is -2.30. The molecule has 2 amide bonds. The Kier molecular flexibility index (Phi) is 5.12. The standard InChI is InChI=1S/C15H16BrN3O/c1-11-3-2-4-14(18-11)19-15(20)17-10-9-12-5-7-13(16)8-6-12/h2-8H,9-10H2,1H3,(H2,17,18,19,20). The van der Waals surface area contributed by atoms with E-state index in [9.17, 15) is 4.79 Å². The van der Waals surface area contributed by atoms with Crippen LogP contribution in [0.4, 0.5) is 10.6 Å². The second kappa shape index (κ2) is 7.05. The van der Waals surface area contributed by atoms with Crippen LogP contribution in [0.15, 0.2) is 46.9 Å². The van der Waals surface area contributed by atoms with Crippen LogP contribution >= 0.6 is 15.9 Å². The Labute approximate surface area is 126 Å². The highest BCUT2D eigenvalue weighted by Gasteiger charge is 2.02. The Balaban J connectivity index is 1.76. The highest BCUT2D eigenvalue weighted by atomic mass is 79.9. The largest absolute Gasteiger partial charge is 0.337 e. The number of rotatable bonds is 4. The van der Waals surface area contributed by atoms with Gasteiger partial charge in [-0.3, -0.25) is 5.32 Å². The molecule has 104 valence electrons. The van der Waals surface area contributed by atoms with Gasteiger partial charge in [-0.15, -0.1) is 0 Å². The number of benzene rings is 1. The van der Waals surface area contributed by atoms with Crippen molar-refractivity contribution in [3.63, 3.8) is 0 Å². The van der Waals surface area contributed by atoms with E-state index in [1.807, 2.05) is 43.3 Å². The molecular formula is C15H16BrN3O. The number of nitrogens with one attached hydrogen (secondary N) is 2. The maximum atomic E-state index is 11.7. The smallest absolute Gasteiger partial charge is 0.320 e. The number of aromatic nitrogens is 1. The van der Waals surface area contributed by atoms with E-state index in [2.05, 4.69) is 31.5 Å². The number of halogens is 1. The number of pyridine rings is 1. The molecular weight excluding hydrogens is 318 g/mol. The fraction of sp³-hybridized carbons (Fsp3) is 0.200. The Morgan fingerprint density at radius 3 is 2.65 bits per heavy atom. The molecule has 0 aliphatic carbocycles. The summed E-state index contributed by atoms with van der Waals surface area (Å²) in [5.74, 6) is 0.561. The van der Waals surface area contributed by atoms with Gasteiger partial charge >= 0.3 is 6.03 Å². The number of urea groups is 1. The van der Waals surface area contributed by atoms with Gasteiger partial charge < -0.3 is 5.32 Å². The summed E-state index contributed by atoms with van der Waals surface area (Å²) in [4.78, 5) is 15.9. The molecule has 2 rings (SSSR count). The summed E-state index contributed by atoms with van der Waals surface area (Å²) >= 11 is 3.39. The number of hydrogen-bond acceptors (Lipinski definition) is 2. The summed E-state index contributed by atoms with van der Waals surface area (Å²) in [6.07, 6.45) is 0.794. The second-order valence-corrected chi connectivity index (χ2v) is 5.34. The van der Waals surface area contributed by atoms with E-state index in [0.717, 1.165) is 16.6 Å². The summed E-state index contributed by atoms with van der Waals surface area (Å²) in [6, 6.07) is 13.3. The lowest BCUT2D eigenvalue weighted by Gasteiger charge is -2.07. The van der Waals surface area contributed by atoms with Gasteiger partial charge in [0.05, 0.1) is 0 Å². The molecule has 4 nitrogen and oxygen atoms in total. The third-order valence-electron chi connectivity index (χ3n) is 2.74. The van der Waals surface area contributed by atoms with Crippen LogP contribution in [0.5, 0.6) is 0 Å². The molecule has 0 bridgehead atoms. The number of carbonyl (C=O) groups excluding carboxylic acids is 1. The Morgan fingerprint density at radius 2 is 1.95 bits per heavy atom. The lowest BCUT2D eigenvalue weighted by molar-refractivity contribution is 0.252. The first-order chi connectivity index (χ1) is 9.63. The van der Waals surface area contributed by atoms with Crippen molar-refractivity contribution in [2.24, 2.45) is 0 Å². The van der Waals surface area contributed by atoms with Gasteiger partial charge in [-0.05, 0) is 43.2 Å². The molecule has 0 fully saturated rings. The predicted molar refractivity (Wildman–Crippen MR) is 83.8 cm³/mol. The van der Waals surface area contributed by atoms with Crippen LogP contribution in [-0.2, 0) is 6.42 Å². The topological polar surface area (TPSA) is 54.0 Å². The Hall–Kier alpha value is -1.88. The molecule has 2 aromatic rings. The zero-order chi connectivity index (χ0) is 14.4. The fourth-order valence-electron chi connectivity index (χ4n) is 1.74. The quantitative estimate of drug-likeness (QED) is 0.899. The van der Waals surface area contributed by atoms with Crippen molar-refractivity contribution in [1.82, 2.24) is 10.3 Å². The summed E-state index contributed by atoms with van der Waals surface area (Å²) in [5.41, 5.74) is 2.06.